The first-order chi connectivity index (χ1) is 8.56. The van der Waals surface area contributed by atoms with E-state index in [1.807, 2.05) is 0 Å². The van der Waals surface area contributed by atoms with Crippen molar-refractivity contribution in [1.29, 1.82) is 0 Å². The maximum atomic E-state index is 11.0. The number of amides is 1. The van der Waals surface area contributed by atoms with Crippen LogP contribution in [0.5, 0.6) is 5.75 Å². The molecule has 1 fully saturated rings. The molecule has 98 valence electrons. The minimum Gasteiger partial charge on any atom is -0.490 e. The van der Waals surface area contributed by atoms with E-state index < -0.39 is 5.91 Å². The third-order valence-electron chi connectivity index (χ3n) is 3.23. The molecule has 0 aliphatic heterocycles. The van der Waals surface area contributed by atoms with Crippen LogP contribution >= 0.6 is 11.6 Å². The third-order valence-corrected chi connectivity index (χ3v) is 3.54. The van der Waals surface area contributed by atoms with Gasteiger partial charge in [0.15, 0.2) is 0 Å². The predicted molar refractivity (Wildman–Crippen MR) is 70.8 cm³/mol. The molecule has 0 unspecified atom stereocenters. The topological polar surface area (TPSA) is 78.3 Å². The third kappa shape index (κ3) is 3.15. The van der Waals surface area contributed by atoms with Crippen molar-refractivity contribution in [2.75, 3.05) is 0 Å². The molecule has 0 spiro atoms. The highest BCUT2D eigenvalue weighted by atomic mass is 35.5. The zero-order valence-corrected chi connectivity index (χ0v) is 10.8. The Morgan fingerprint density at radius 1 is 1.28 bits per heavy atom. The number of nitrogens with two attached hydrogens (primary N) is 2. The van der Waals surface area contributed by atoms with Crippen LogP contribution in [-0.4, -0.2) is 18.1 Å². The van der Waals surface area contributed by atoms with Crippen molar-refractivity contribution >= 4 is 17.5 Å². The quantitative estimate of drug-likeness (QED) is 0.881. The summed E-state index contributed by atoms with van der Waals surface area (Å²) in [5.74, 6) is 0.140. The maximum absolute atomic E-state index is 11.0. The van der Waals surface area contributed by atoms with Gasteiger partial charge in [-0.25, -0.2) is 0 Å². The molecule has 0 saturated heterocycles. The average Bonchev–Trinajstić information content (AvgIpc) is 2.32. The van der Waals surface area contributed by atoms with Gasteiger partial charge >= 0.3 is 0 Å². The molecular weight excluding hydrogens is 252 g/mol. The van der Waals surface area contributed by atoms with Gasteiger partial charge in [0.25, 0.3) is 0 Å². The van der Waals surface area contributed by atoms with Crippen LogP contribution in [0.2, 0.25) is 5.02 Å². The minimum absolute atomic E-state index is 0.181. The fraction of sp³-hybridized carbons (Fsp3) is 0.462. The van der Waals surface area contributed by atoms with Gasteiger partial charge in [0.2, 0.25) is 5.91 Å². The molecule has 0 aromatic heterocycles. The molecule has 1 saturated carbocycles. The molecule has 4 N–H and O–H groups in total. The van der Waals surface area contributed by atoms with Gasteiger partial charge in [-0.1, -0.05) is 11.6 Å². The highest BCUT2D eigenvalue weighted by Crippen LogP contribution is 2.26. The highest BCUT2D eigenvalue weighted by molar-refractivity contribution is 6.33. The number of primary amides is 1. The first-order valence-electron chi connectivity index (χ1n) is 6.08. The molecule has 5 heteroatoms. The van der Waals surface area contributed by atoms with Crippen LogP contribution in [0.1, 0.15) is 36.0 Å². The molecule has 1 aromatic carbocycles. The molecule has 0 radical (unpaired) electrons. The molecule has 18 heavy (non-hydrogen) atoms. The van der Waals surface area contributed by atoms with E-state index >= 15 is 0 Å². The number of ether oxygens (including phenoxy) is 1. The van der Waals surface area contributed by atoms with Crippen molar-refractivity contribution < 1.29 is 9.53 Å². The fourth-order valence-corrected chi connectivity index (χ4v) is 2.43. The Balaban J connectivity index is 2.02. The van der Waals surface area contributed by atoms with Gasteiger partial charge in [-0.05, 0) is 43.9 Å². The molecule has 1 aromatic rings. The summed E-state index contributed by atoms with van der Waals surface area (Å²) in [6, 6.07) is 5.25. The monoisotopic (exact) mass is 268 g/mol. The van der Waals surface area contributed by atoms with Gasteiger partial charge in [-0.3, -0.25) is 4.79 Å². The second-order valence-corrected chi connectivity index (χ2v) is 5.07. The van der Waals surface area contributed by atoms with Gasteiger partial charge in [0, 0.05) is 6.04 Å². The van der Waals surface area contributed by atoms with Crippen LogP contribution in [0.25, 0.3) is 0 Å². The van der Waals surface area contributed by atoms with Crippen LogP contribution in [0.15, 0.2) is 18.2 Å². The van der Waals surface area contributed by atoms with Crippen LogP contribution in [0.4, 0.5) is 0 Å². The summed E-state index contributed by atoms with van der Waals surface area (Å²) < 4.78 is 5.83. The minimum atomic E-state index is -0.532. The zero-order valence-electron chi connectivity index (χ0n) is 10.1. The van der Waals surface area contributed by atoms with E-state index in [1.54, 1.807) is 18.2 Å². The van der Waals surface area contributed by atoms with E-state index in [1.165, 1.54) is 0 Å². The Bertz CT molecular complexity index is 443. The van der Waals surface area contributed by atoms with E-state index in [-0.39, 0.29) is 6.10 Å². The lowest BCUT2D eigenvalue weighted by molar-refractivity contribution is 0.100. The number of hydrogen-bond donors (Lipinski definition) is 2. The van der Waals surface area contributed by atoms with Crippen molar-refractivity contribution in [3.8, 4) is 5.75 Å². The van der Waals surface area contributed by atoms with Gasteiger partial charge in [-0.15, -0.1) is 0 Å². The van der Waals surface area contributed by atoms with Crippen molar-refractivity contribution in [2.24, 2.45) is 11.5 Å². The van der Waals surface area contributed by atoms with Crippen LogP contribution in [-0.2, 0) is 0 Å². The fourth-order valence-electron chi connectivity index (χ4n) is 2.17. The predicted octanol–water partition coefficient (Wildman–Crippen LogP) is 2.09. The molecule has 2 rings (SSSR count). The maximum Gasteiger partial charge on any atom is 0.250 e. The number of halogens is 1. The summed E-state index contributed by atoms with van der Waals surface area (Å²) in [6.07, 6.45) is 4.06. The van der Waals surface area contributed by atoms with E-state index in [0.29, 0.717) is 22.4 Å². The normalized spacial score (nSPS) is 23.7. The summed E-state index contributed by atoms with van der Waals surface area (Å²) in [7, 11) is 0. The molecule has 1 aliphatic carbocycles. The van der Waals surface area contributed by atoms with E-state index in [0.717, 1.165) is 25.7 Å². The SMILES string of the molecule is NC(=O)c1ccc(OC2CCC(N)CC2)cc1Cl. The second kappa shape index (κ2) is 5.59. The van der Waals surface area contributed by atoms with Crippen molar-refractivity contribution in [2.45, 2.75) is 37.8 Å². The van der Waals surface area contributed by atoms with Crippen LogP contribution in [0, 0.1) is 0 Å². The first kappa shape index (κ1) is 13.2. The summed E-state index contributed by atoms with van der Waals surface area (Å²) in [4.78, 5) is 11.0. The van der Waals surface area contributed by atoms with Crippen LogP contribution in [0.3, 0.4) is 0 Å². The largest absolute Gasteiger partial charge is 0.490 e. The van der Waals surface area contributed by atoms with E-state index in [4.69, 9.17) is 27.8 Å². The first-order valence-corrected chi connectivity index (χ1v) is 6.45. The number of benzene rings is 1. The molecule has 0 atom stereocenters. The highest BCUT2D eigenvalue weighted by Gasteiger charge is 2.20. The summed E-state index contributed by atoms with van der Waals surface area (Å²) in [5.41, 5.74) is 11.3. The molecule has 1 amide bonds. The lowest BCUT2D eigenvalue weighted by Gasteiger charge is -2.26. The summed E-state index contributed by atoms with van der Waals surface area (Å²) in [6.45, 7) is 0. The van der Waals surface area contributed by atoms with Gasteiger partial charge < -0.3 is 16.2 Å². The van der Waals surface area contributed by atoms with Gasteiger partial charge in [0.1, 0.15) is 5.75 Å². The Morgan fingerprint density at radius 2 is 1.94 bits per heavy atom. The lowest BCUT2D eigenvalue weighted by Crippen LogP contribution is -2.31. The van der Waals surface area contributed by atoms with Gasteiger partial charge in [0.05, 0.1) is 16.7 Å². The summed E-state index contributed by atoms with van der Waals surface area (Å²) >= 11 is 5.96. The Hall–Kier alpha value is -1.26. The van der Waals surface area contributed by atoms with E-state index in [2.05, 4.69) is 0 Å². The molecule has 0 heterocycles. The van der Waals surface area contributed by atoms with E-state index in [9.17, 15) is 4.79 Å². The smallest absolute Gasteiger partial charge is 0.250 e. The molecule has 0 bridgehead atoms. The lowest BCUT2D eigenvalue weighted by atomic mass is 9.94. The second-order valence-electron chi connectivity index (χ2n) is 4.66. The molecular formula is C13H17ClN2O2. The number of rotatable bonds is 3. The van der Waals surface area contributed by atoms with Crippen molar-refractivity contribution in [1.82, 2.24) is 0 Å². The Morgan fingerprint density at radius 3 is 2.50 bits per heavy atom. The Labute approximate surface area is 111 Å². The number of hydrogen-bond acceptors (Lipinski definition) is 3. The standard InChI is InChI=1S/C13H17ClN2O2/c14-12-7-10(5-6-11(12)13(16)17)18-9-3-1-8(15)2-4-9/h5-9H,1-4,15H2,(H2,16,17). The number of carbonyl (C=O) groups is 1. The zero-order chi connectivity index (χ0) is 13.1. The average molecular weight is 269 g/mol. The van der Waals surface area contributed by atoms with Crippen LogP contribution < -0.4 is 16.2 Å². The number of carbonyl (C=O) groups excluding carboxylic acids is 1. The molecule has 4 nitrogen and oxygen atoms in total. The summed E-state index contributed by atoms with van der Waals surface area (Å²) in [5, 5.41) is 0.326. The van der Waals surface area contributed by atoms with Crippen molar-refractivity contribution in [3.05, 3.63) is 28.8 Å². The van der Waals surface area contributed by atoms with Gasteiger partial charge in [-0.2, -0.15) is 0 Å². The molecule has 1 aliphatic rings. The Kier molecular flexibility index (Phi) is 4.09. The van der Waals surface area contributed by atoms with Crippen molar-refractivity contribution in [3.63, 3.8) is 0 Å².